The minimum Gasteiger partial charge on any atom is -0.394 e. The largest absolute Gasteiger partial charge is 0.394 e. The van der Waals surface area contributed by atoms with Crippen LogP contribution in [-0.4, -0.2) is 193 Å². The predicted molar refractivity (Wildman–Crippen MR) is 480 cm³/mol. The van der Waals surface area contributed by atoms with E-state index in [1.165, 1.54) is 244 Å². The number of aliphatic hydroxyl groups is 11. The molecule has 1 amide bonds. The van der Waals surface area contributed by atoms with Crippen LogP contribution in [0.25, 0.3) is 0 Å². The minimum absolute atomic E-state index is 0.231. The van der Waals surface area contributed by atoms with Crippen LogP contribution in [0.3, 0.4) is 0 Å². The standard InChI is InChI=1S/C99H173NO18/c1-3-5-7-9-11-13-15-17-19-21-23-25-27-29-31-33-35-37-38-39-40-41-42-43-44-45-47-49-51-53-55-57-59-61-63-65-67-69-71-73-75-77-87(105)100-82(83(104)76-74-72-70-68-66-64-62-60-58-56-54-52-50-48-46-36-34-32-30-28-26-24-22-20-18-16-14-12-10-8-6-4-2)81-113-97-93(111)90(108)95(85(79-102)115-97)118-99-94(112)91(109)96(86(80-103)116-99)117-98-92(110)89(107)88(106)84(78-101)114-98/h5,7,11,13,17,19,23,25,29,31,35,37,39-40,42-43,66,68,74,76,82-86,88-99,101-104,106-112H,3-4,6,8-10,12,14-16,18,20-22,24,26-28,30,32-34,36,38,41,44-65,67,69-73,75,77-81H2,1-2H3,(H,100,105)/b7-5-,13-11-,19-17-,25-23-,31-29-,37-35-,40-39-,43-42-,68-66+,76-74+. The molecule has 3 fully saturated rings. The van der Waals surface area contributed by atoms with Crippen LogP contribution in [0.15, 0.2) is 122 Å². The van der Waals surface area contributed by atoms with Gasteiger partial charge in [0.1, 0.15) is 73.2 Å². The van der Waals surface area contributed by atoms with Crippen molar-refractivity contribution in [1.82, 2.24) is 5.32 Å². The number of hydrogen-bond donors (Lipinski definition) is 12. The fraction of sp³-hybridized carbons (Fsp3) is 0.788. The Hall–Kier alpha value is -3.81. The Balaban J connectivity index is 1.31. The second-order valence-electron chi connectivity index (χ2n) is 33.4. The van der Waals surface area contributed by atoms with Gasteiger partial charge in [0.2, 0.25) is 5.91 Å². The Kier molecular flexibility index (Phi) is 70.5. The van der Waals surface area contributed by atoms with E-state index >= 15 is 0 Å². The maximum Gasteiger partial charge on any atom is 0.220 e. The summed E-state index contributed by atoms with van der Waals surface area (Å²) in [5.41, 5.74) is 0. The number of ether oxygens (including phenoxy) is 6. The number of carbonyl (C=O) groups excluding carboxylic acids is 1. The zero-order valence-corrected chi connectivity index (χ0v) is 73.9. The molecule has 19 nitrogen and oxygen atoms in total. The van der Waals surface area contributed by atoms with Gasteiger partial charge in [0, 0.05) is 6.42 Å². The summed E-state index contributed by atoms with van der Waals surface area (Å²) in [6, 6.07) is -0.999. The fourth-order valence-electron chi connectivity index (χ4n) is 15.5. The van der Waals surface area contributed by atoms with Gasteiger partial charge in [-0.05, 0) is 96.3 Å². The molecule has 3 saturated heterocycles. The molecule has 0 aromatic rings. The second kappa shape index (κ2) is 76.8. The molecule has 682 valence electrons. The lowest BCUT2D eigenvalue weighted by atomic mass is 9.96. The lowest BCUT2D eigenvalue weighted by Crippen LogP contribution is -2.66. The summed E-state index contributed by atoms with van der Waals surface area (Å²) in [6.07, 6.45) is 83.6. The molecule has 17 unspecified atom stereocenters. The third kappa shape index (κ3) is 54.1. The van der Waals surface area contributed by atoms with Gasteiger partial charge in [-0.2, -0.15) is 0 Å². The normalized spacial score (nSPS) is 24.8. The Labute approximate surface area is 716 Å². The second-order valence-corrected chi connectivity index (χ2v) is 33.4. The molecule has 19 heteroatoms. The molecular formula is C99H173NO18. The smallest absolute Gasteiger partial charge is 0.220 e. The zero-order chi connectivity index (χ0) is 85.2. The average Bonchev–Trinajstić information content (AvgIpc) is 0.777. The molecule has 3 aliphatic rings. The van der Waals surface area contributed by atoms with Crippen LogP contribution in [0.4, 0.5) is 0 Å². The summed E-state index contributed by atoms with van der Waals surface area (Å²) in [5, 5.41) is 121. The van der Waals surface area contributed by atoms with Crippen molar-refractivity contribution in [3.63, 3.8) is 0 Å². The molecule has 0 aromatic heterocycles. The molecule has 0 saturated carbocycles. The maximum absolute atomic E-state index is 13.5. The average molecular weight is 1670 g/mol. The van der Waals surface area contributed by atoms with E-state index in [0.717, 1.165) is 89.9 Å². The highest BCUT2D eigenvalue weighted by molar-refractivity contribution is 5.76. The summed E-state index contributed by atoms with van der Waals surface area (Å²) >= 11 is 0. The number of hydrogen-bond acceptors (Lipinski definition) is 18. The van der Waals surface area contributed by atoms with E-state index in [2.05, 4.69) is 129 Å². The highest BCUT2D eigenvalue weighted by atomic mass is 16.8. The van der Waals surface area contributed by atoms with Crippen LogP contribution >= 0.6 is 0 Å². The number of rotatable bonds is 77. The van der Waals surface area contributed by atoms with Crippen molar-refractivity contribution < 1.29 is 89.4 Å². The Bertz CT molecular complexity index is 2600. The van der Waals surface area contributed by atoms with Gasteiger partial charge >= 0.3 is 0 Å². The highest BCUT2D eigenvalue weighted by Crippen LogP contribution is 2.34. The highest BCUT2D eigenvalue weighted by Gasteiger charge is 2.54. The lowest BCUT2D eigenvalue weighted by Gasteiger charge is -2.48. The molecule has 0 aliphatic carbocycles. The summed E-state index contributed by atoms with van der Waals surface area (Å²) in [4.78, 5) is 13.5. The van der Waals surface area contributed by atoms with Crippen LogP contribution in [0.2, 0.25) is 0 Å². The molecule has 17 atom stereocenters. The molecule has 3 aliphatic heterocycles. The van der Waals surface area contributed by atoms with Crippen LogP contribution in [0, 0.1) is 0 Å². The molecule has 3 heterocycles. The summed E-state index contributed by atoms with van der Waals surface area (Å²) in [5.74, 6) is -0.284. The molecule has 0 aromatic carbocycles. The van der Waals surface area contributed by atoms with Crippen molar-refractivity contribution in [3.05, 3.63) is 122 Å². The first-order valence-corrected chi connectivity index (χ1v) is 47.8. The van der Waals surface area contributed by atoms with Crippen LogP contribution in [0.1, 0.15) is 367 Å². The fourth-order valence-corrected chi connectivity index (χ4v) is 15.5. The molecular weight excluding hydrogens is 1490 g/mol. The van der Waals surface area contributed by atoms with E-state index in [4.69, 9.17) is 28.4 Å². The Morgan fingerprint density at radius 1 is 0.314 bits per heavy atom. The van der Waals surface area contributed by atoms with Gasteiger partial charge in [-0.3, -0.25) is 4.79 Å². The van der Waals surface area contributed by atoms with Crippen molar-refractivity contribution in [1.29, 1.82) is 0 Å². The van der Waals surface area contributed by atoms with Crippen molar-refractivity contribution in [2.24, 2.45) is 0 Å². The van der Waals surface area contributed by atoms with Crippen molar-refractivity contribution in [2.45, 2.75) is 471 Å². The van der Waals surface area contributed by atoms with Gasteiger partial charge in [0.05, 0.1) is 38.6 Å². The van der Waals surface area contributed by atoms with Gasteiger partial charge in [0.15, 0.2) is 18.9 Å². The minimum atomic E-state index is -1.99. The number of amides is 1. The first kappa shape index (κ1) is 108. The van der Waals surface area contributed by atoms with E-state index in [-0.39, 0.29) is 18.9 Å². The maximum atomic E-state index is 13.5. The molecule has 3 rings (SSSR count). The predicted octanol–water partition coefficient (Wildman–Crippen LogP) is 19.4. The number of allylic oxidation sites excluding steroid dienone is 19. The van der Waals surface area contributed by atoms with E-state index in [1.54, 1.807) is 6.08 Å². The summed E-state index contributed by atoms with van der Waals surface area (Å²) in [6.45, 7) is 1.65. The van der Waals surface area contributed by atoms with Gasteiger partial charge in [-0.1, -0.05) is 386 Å². The molecule has 0 radical (unpaired) electrons. The van der Waals surface area contributed by atoms with E-state index in [9.17, 15) is 61.0 Å². The summed E-state index contributed by atoms with van der Waals surface area (Å²) in [7, 11) is 0. The third-order valence-electron chi connectivity index (χ3n) is 23.0. The number of unbranched alkanes of at least 4 members (excludes halogenated alkanes) is 43. The van der Waals surface area contributed by atoms with Gasteiger partial charge in [-0.15, -0.1) is 0 Å². The molecule has 12 N–H and O–H groups in total. The Morgan fingerprint density at radius 3 is 0.949 bits per heavy atom. The monoisotopic (exact) mass is 1660 g/mol. The van der Waals surface area contributed by atoms with Gasteiger partial charge in [0.25, 0.3) is 0 Å². The molecule has 0 bridgehead atoms. The van der Waals surface area contributed by atoms with E-state index in [1.807, 2.05) is 6.08 Å². The lowest BCUT2D eigenvalue weighted by molar-refractivity contribution is -0.379. The van der Waals surface area contributed by atoms with Crippen molar-refractivity contribution >= 4 is 5.91 Å². The summed E-state index contributed by atoms with van der Waals surface area (Å²) < 4.78 is 34.5. The van der Waals surface area contributed by atoms with Crippen LogP contribution < -0.4 is 5.32 Å². The quantitative estimate of drug-likeness (QED) is 0.0199. The SMILES string of the molecule is CC/C=C\C/C=C\C/C=C\C/C=C\C/C=C\C/C=C\C/C=C\C/C=C\CCCCCCCCCCCCCCCCCCC(=O)NC(COC1OC(CO)C(OC2OC(CO)C(OC3OC(CO)C(O)C(O)C3O)C(O)C2O)C(O)C1O)C(O)/C=C/CC/C=C/CCCCCCCCCCCCCCCCCCCCCCCCCCCC. The van der Waals surface area contributed by atoms with Crippen LogP contribution in [0.5, 0.6) is 0 Å². The third-order valence-corrected chi connectivity index (χ3v) is 23.0. The number of nitrogens with one attached hydrogen (secondary N) is 1. The van der Waals surface area contributed by atoms with Crippen molar-refractivity contribution in [2.75, 3.05) is 26.4 Å². The molecule has 0 spiro atoms. The number of carbonyl (C=O) groups is 1. The van der Waals surface area contributed by atoms with E-state index < -0.39 is 124 Å². The van der Waals surface area contributed by atoms with Crippen molar-refractivity contribution in [3.8, 4) is 0 Å². The molecule has 118 heavy (non-hydrogen) atoms. The first-order chi connectivity index (χ1) is 57.8. The topological polar surface area (TPSA) is 307 Å². The van der Waals surface area contributed by atoms with Gasteiger partial charge in [-0.25, -0.2) is 0 Å². The van der Waals surface area contributed by atoms with E-state index in [0.29, 0.717) is 12.8 Å². The zero-order valence-electron chi connectivity index (χ0n) is 73.9. The number of aliphatic hydroxyl groups excluding tert-OH is 11. The first-order valence-electron chi connectivity index (χ1n) is 47.8. The Morgan fingerprint density at radius 2 is 0.593 bits per heavy atom. The van der Waals surface area contributed by atoms with Gasteiger partial charge < -0.3 is 89.9 Å². The van der Waals surface area contributed by atoms with Crippen LogP contribution in [-0.2, 0) is 33.2 Å².